The number of aliphatic hydroxyl groups excluding tert-OH is 1. The normalized spacial score (nSPS) is 21.0. The van der Waals surface area contributed by atoms with Gasteiger partial charge in [0.05, 0.1) is 11.8 Å². The molecule has 0 radical (unpaired) electrons. The fraction of sp³-hybridized carbons (Fsp3) is 0.600. The van der Waals surface area contributed by atoms with Crippen molar-refractivity contribution in [2.45, 2.75) is 38.0 Å². The van der Waals surface area contributed by atoms with Gasteiger partial charge in [0.15, 0.2) is 0 Å². The Morgan fingerprint density at radius 1 is 1.37 bits per heavy atom. The standard InChI is InChI=1S/C15H22BrNOS/c1-11(18)12-4-5-14(13(16)10-12)17-7-6-15(2,3)19-9-8-17/h4-5,10-11,18H,6-9H2,1-3H3/t11-/m0/s1. The molecule has 1 N–H and O–H groups in total. The second kappa shape index (κ2) is 6.06. The number of hydrogen-bond acceptors (Lipinski definition) is 3. The minimum Gasteiger partial charge on any atom is -0.389 e. The summed E-state index contributed by atoms with van der Waals surface area (Å²) in [6.07, 6.45) is 0.784. The maximum atomic E-state index is 9.63. The zero-order chi connectivity index (χ0) is 14.0. The van der Waals surface area contributed by atoms with Gasteiger partial charge in [0, 0.05) is 28.1 Å². The molecule has 1 aromatic rings. The first-order chi connectivity index (χ1) is 8.89. The molecule has 1 fully saturated rings. The van der Waals surface area contributed by atoms with Gasteiger partial charge in [-0.1, -0.05) is 19.9 Å². The third kappa shape index (κ3) is 3.89. The van der Waals surface area contributed by atoms with Gasteiger partial charge in [-0.2, -0.15) is 11.8 Å². The van der Waals surface area contributed by atoms with E-state index in [0.29, 0.717) is 4.75 Å². The van der Waals surface area contributed by atoms with Crippen molar-refractivity contribution in [1.82, 2.24) is 0 Å². The summed E-state index contributed by atoms with van der Waals surface area (Å²) >= 11 is 5.70. The lowest BCUT2D eigenvalue weighted by Gasteiger charge is -2.25. The molecular formula is C15H22BrNOS. The van der Waals surface area contributed by atoms with Crippen LogP contribution in [0.3, 0.4) is 0 Å². The minimum absolute atomic E-state index is 0.376. The van der Waals surface area contributed by atoms with Crippen molar-refractivity contribution in [3.63, 3.8) is 0 Å². The third-order valence-corrected chi connectivity index (χ3v) is 5.64. The number of aliphatic hydroxyl groups is 1. The number of benzene rings is 1. The van der Waals surface area contributed by atoms with E-state index in [1.807, 2.05) is 12.1 Å². The van der Waals surface area contributed by atoms with Gasteiger partial charge in [-0.3, -0.25) is 0 Å². The van der Waals surface area contributed by atoms with Crippen molar-refractivity contribution in [3.05, 3.63) is 28.2 Å². The molecule has 1 saturated heterocycles. The zero-order valence-electron chi connectivity index (χ0n) is 11.8. The van der Waals surface area contributed by atoms with Gasteiger partial charge in [0.1, 0.15) is 0 Å². The highest BCUT2D eigenvalue weighted by Gasteiger charge is 2.24. The number of anilines is 1. The maximum absolute atomic E-state index is 9.63. The second-order valence-corrected chi connectivity index (χ2v) is 8.39. The molecule has 106 valence electrons. The largest absolute Gasteiger partial charge is 0.389 e. The first kappa shape index (κ1) is 15.2. The van der Waals surface area contributed by atoms with Gasteiger partial charge < -0.3 is 10.0 Å². The van der Waals surface area contributed by atoms with Gasteiger partial charge >= 0.3 is 0 Å². The summed E-state index contributed by atoms with van der Waals surface area (Å²) < 4.78 is 1.46. The van der Waals surface area contributed by atoms with Crippen LogP contribution in [0, 0.1) is 0 Å². The molecule has 1 aliphatic heterocycles. The van der Waals surface area contributed by atoms with Crippen LogP contribution in [0.5, 0.6) is 0 Å². The molecule has 1 aromatic carbocycles. The number of nitrogens with zero attached hydrogens (tertiary/aromatic N) is 1. The van der Waals surface area contributed by atoms with E-state index < -0.39 is 6.10 Å². The van der Waals surface area contributed by atoms with E-state index in [1.54, 1.807) is 6.92 Å². The Morgan fingerprint density at radius 3 is 2.74 bits per heavy atom. The summed E-state index contributed by atoms with van der Waals surface area (Å²) in [4.78, 5) is 2.44. The molecule has 1 atom stereocenters. The lowest BCUT2D eigenvalue weighted by Crippen LogP contribution is -2.27. The van der Waals surface area contributed by atoms with Crippen LogP contribution in [0.1, 0.15) is 38.9 Å². The predicted molar refractivity (Wildman–Crippen MR) is 88.1 cm³/mol. The van der Waals surface area contributed by atoms with E-state index in [-0.39, 0.29) is 0 Å². The monoisotopic (exact) mass is 343 g/mol. The van der Waals surface area contributed by atoms with E-state index in [4.69, 9.17) is 0 Å². The maximum Gasteiger partial charge on any atom is 0.0762 e. The number of hydrogen-bond donors (Lipinski definition) is 1. The van der Waals surface area contributed by atoms with Gasteiger partial charge in [-0.05, 0) is 47.0 Å². The predicted octanol–water partition coefficient (Wildman–Crippen LogP) is 4.22. The minimum atomic E-state index is -0.413. The van der Waals surface area contributed by atoms with Gasteiger partial charge in [-0.15, -0.1) is 0 Å². The summed E-state index contributed by atoms with van der Waals surface area (Å²) in [6.45, 7) is 8.62. The van der Waals surface area contributed by atoms with Gasteiger partial charge in [0.2, 0.25) is 0 Å². The van der Waals surface area contributed by atoms with Crippen LogP contribution in [0.2, 0.25) is 0 Å². The SMILES string of the molecule is C[C@H](O)c1ccc(N2CCSC(C)(C)CC2)c(Br)c1. The Labute approximate surface area is 128 Å². The molecule has 2 rings (SSSR count). The third-order valence-electron chi connectivity index (χ3n) is 3.63. The molecule has 0 aliphatic carbocycles. The number of halogens is 1. The molecule has 19 heavy (non-hydrogen) atoms. The molecule has 0 aromatic heterocycles. The van der Waals surface area contributed by atoms with Crippen molar-refractivity contribution in [2.75, 3.05) is 23.7 Å². The van der Waals surface area contributed by atoms with Crippen LogP contribution in [-0.4, -0.2) is 28.7 Å². The Bertz CT molecular complexity index is 448. The van der Waals surface area contributed by atoms with Crippen LogP contribution < -0.4 is 4.90 Å². The Balaban J connectivity index is 2.18. The van der Waals surface area contributed by atoms with Crippen LogP contribution in [0.15, 0.2) is 22.7 Å². The van der Waals surface area contributed by atoms with Crippen LogP contribution >= 0.6 is 27.7 Å². The smallest absolute Gasteiger partial charge is 0.0762 e. The summed E-state index contributed by atoms with van der Waals surface area (Å²) in [5, 5.41) is 9.63. The molecule has 0 unspecified atom stereocenters. The van der Waals surface area contributed by atoms with E-state index in [2.05, 4.69) is 52.5 Å². The first-order valence-corrected chi connectivity index (χ1v) is 8.53. The molecule has 1 heterocycles. The fourth-order valence-corrected chi connectivity index (χ4v) is 4.05. The average molecular weight is 344 g/mol. The number of thioether (sulfide) groups is 1. The Kier molecular flexibility index (Phi) is 4.85. The van der Waals surface area contributed by atoms with Crippen LogP contribution in [0.4, 0.5) is 5.69 Å². The molecule has 0 spiro atoms. The van der Waals surface area contributed by atoms with Gasteiger partial charge in [0.25, 0.3) is 0 Å². The molecule has 1 aliphatic rings. The van der Waals surface area contributed by atoms with E-state index in [0.717, 1.165) is 28.9 Å². The van der Waals surface area contributed by atoms with Crippen LogP contribution in [-0.2, 0) is 0 Å². The molecule has 2 nitrogen and oxygen atoms in total. The molecular weight excluding hydrogens is 322 g/mol. The quantitative estimate of drug-likeness (QED) is 0.869. The lowest BCUT2D eigenvalue weighted by atomic mass is 10.1. The second-order valence-electron chi connectivity index (χ2n) is 5.73. The first-order valence-electron chi connectivity index (χ1n) is 6.75. The van der Waals surface area contributed by atoms with Crippen molar-refractivity contribution >= 4 is 33.4 Å². The Hall–Kier alpha value is -0.190. The number of rotatable bonds is 2. The average Bonchev–Trinajstić information content (AvgIpc) is 2.50. The molecule has 0 saturated carbocycles. The van der Waals surface area contributed by atoms with Gasteiger partial charge in [-0.25, -0.2) is 0 Å². The fourth-order valence-electron chi connectivity index (χ4n) is 2.30. The van der Waals surface area contributed by atoms with Crippen molar-refractivity contribution in [3.8, 4) is 0 Å². The van der Waals surface area contributed by atoms with Crippen molar-refractivity contribution < 1.29 is 5.11 Å². The highest BCUT2D eigenvalue weighted by atomic mass is 79.9. The topological polar surface area (TPSA) is 23.5 Å². The van der Waals surface area contributed by atoms with Crippen molar-refractivity contribution in [2.24, 2.45) is 0 Å². The highest BCUT2D eigenvalue weighted by Crippen LogP contribution is 2.35. The summed E-state index contributed by atoms with van der Waals surface area (Å²) in [5.74, 6) is 1.16. The van der Waals surface area contributed by atoms with E-state index in [1.165, 1.54) is 12.1 Å². The summed E-state index contributed by atoms with van der Waals surface area (Å²) in [7, 11) is 0. The van der Waals surface area contributed by atoms with Crippen molar-refractivity contribution in [1.29, 1.82) is 0 Å². The van der Waals surface area contributed by atoms with E-state index >= 15 is 0 Å². The molecule has 0 bridgehead atoms. The summed E-state index contributed by atoms with van der Waals surface area (Å²) in [6, 6.07) is 6.17. The summed E-state index contributed by atoms with van der Waals surface area (Å²) in [5.41, 5.74) is 2.20. The highest BCUT2D eigenvalue weighted by molar-refractivity contribution is 9.10. The van der Waals surface area contributed by atoms with E-state index in [9.17, 15) is 5.11 Å². The lowest BCUT2D eigenvalue weighted by molar-refractivity contribution is 0.199. The Morgan fingerprint density at radius 2 is 2.11 bits per heavy atom. The van der Waals surface area contributed by atoms with Crippen LogP contribution in [0.25, 0.3) is 0 Å². The zero-order valence-corrected chi connectivity index (χ0v) is 14.2. The molecule has 4 heteroatoms. The molecule has 0 amide bonds.